The highest BCUT2D eigenvalue weighted by atomic mass is 79.9. The van der Waals surface area contributed by atoms with Gasteiger partial charge in [-0.15, -0.1) is 16.8 Å². The van der Waals surface area contributed by atoms with Gasteiger partial charge >= 0.3 is 0 Å². The van der Waals surface area contributed by atoms with Crippen molar-refractivity contribution in [2.45, 2.75) is 11.4 Å². The van der Waals surface area contributed by atoms with Gasteiger partial charge < -0.3 is 10.1 Å². The smallest absolute Gasteiger partial charge is 0.247 e. The highest BCUT2D eigenvalue weighted by Gasteiger charge is 2.26. The molecule has 0 bridgehead atoms. The first-order chi connectivity index (χ1) is 12.7. The van der Waals surface area contributed by atoms with Crippen LogP contribution in [0.5, 0.6) is 5.88 Å². The molecular formula is C19H15BrN4OS. The van der Waals surface area contributed by atoms with E-state index in [9.17, 15) is 0 Å². The Bertz CT molecular complexity index is 966. The van der Waals surface area contributed by atoms with Gasteiger partial charge in [-0.05, 0) is 18.2 Å². The van der Waals surface area contributed by atoms with Crippen LogP contribution in [0.2, 0.25) is 0 Å². The zero-order valence-electron chi connectivity index (χ0n) is 13.7. The molecule has 1 N–H and O–H groups in total. The normalized spacial score (nSPS) is 15.0. The maximum atomic E-state index is 6.22. The van der Waals surface area contributed by atoms with Crippen molar-refractivity contribution >= 4 is 33.4 Å². The molecule has 1 aliphatic heterocycles. The number of aromatic nitrogens is 3. The molecule has 0 radical (unpaired) electrons. The Morgan fingerprint density at radius 1 is 1.19 bits per heavy atom. The van der Waals surface area contributed by atoms with Crippen molar-refractivity contribution in [3.63, 3.8) is 0 Å². The molecule has 0 aliphatic carbocycles. The van der Waals surface area contributed by atoms with E-state index in [0.29, 0.717) is 22.5 Å². The van der Waals surface area contributed by atoms with Gasteiger partial charge in [0.25, 0.3) is 0 Å². The summed E-state index contributed by atoms with van der Waals surface area (Å²) in [7, 11) is 0. The van der Waals surface area contributed by atoms with Gasteiger partial charge in [0.15, 0.2) is 11.9 Å². The number of hydrogen-bond donors (Lipinski definition) is 1. The molecular weight excluding hydrogens is 412 g/mol. The molecule has 1 aliphatic rings. The first-order valence-corrected chi connectivity index (χ1v) is 9.79. The molecule has 1 atom stereocenters. The highest BCUT2D eigenvalue weighted by Crippen LogP contribution is 2.39. The Morgan fingerprint density at radius 3 is 2.92 bits per heavy atom. The molecule has 0 fully saturated rings. The van der Waals surface area contributed by atoms with Gasteiger partial charge in [0.1, 0.15) is 0 Å². The maximum absolute atomic E-state index is 6.22. The van der Waals surface area contributed by atoms with Gasteiger partial charge in [-0.3, -0.25) is 0 Å². The van der Waals surface area contributed by atoms with Crippen LogP contribution in [0.4, 0.5) is 5.69 Å². The fourth-order valence-corrected chi connectivity index (χ4v) is 3.59. The monoisotopic (exact) mass is 426 g/mol. The minimum atomic E-state index is -0.385. The van der Waals surface area contributed by atoms with Gasteiger partial charge in [-0.1, -0.05) is 64.1 Å². The lowest BCUT2D eigenvalue weighted by Gasteiger charge is -2.19. The van der Waals surface area contributed by atoms with E-state index < -0.39 is 0 Å². The number of benzene rings is 2. The second kappa shape index (κ2) is 7.47. The van der Waals surface area contributed by atoms with E-state index in [2.05, 4.69) is 43.0 Å². The molecule has 0 unspecified atom stereocenters. The summed E-state index contributed by atoms with van der Waals surface area (Å²) in [4.78, 5) is 4.58. The van der Waals surface area contributed by atoms with Crippen LogP contribution in [0.3, 0.4) is 0 Å². The Labute approximate surface area is 164 Å². The number of ether oxygens (including phenoxy) is 1. The van der Waals surface area contributed by atoms with Crippen LogP contribution in [-0.2, 0) is 0 Å². The Balaban J connectivity index is 1.80. The number of nitrogens with zero attached hydrogens (tertiary/aromatic N) is 3. The van der Waals surface area contributed by atoms with E-state index in [0.717, 1.165) is 21.3 Å². The summed E-state index contributed by atoms with van der Waals surface area (Å²) >= 11 is 4.99. The number of anilines is 1. The van der Waals surface area contributed by atoms with Gasteiger partial charge in [-0.25, -0.2) is 0 Å². The molecule has 0 amide bonds. The Morgan fingerprint density at radius 2 is 2.08 bits per heavy atom. The Hall–Kier alpha value is -2.38. The standard InChI is InChI=1S/C19H15BrN4OS/c1-2-10-26-19-22-18-16(23-24-19)14-8-3-4-9-15(14)21-17(25-18)12-6-5-7-13(20)11-12/h2-9,11,17,21H,1,10H2/t17-/m0/s1. The summed E-state index contributed by atoms with van der Waals surface area (Å²) in [6.07, 6.45) is 1.42. The van der Waals surface area contributed by atoms with Crippen molar-refractivity contribution in [2.75, 3.05) is 11.1 Å². The van der Waals surface area contributed by atoms with E-state index in [1.54, 1.807) is 0 Å². The average molecular weight is 427 g/mol. The molecule has 4 rings (SSSR count). The quantitative estimate of drug-likeness (QED) is 0.463. The largest absolute Gasteiger partial charge is 0.448 e. The maximum Gasteiger partial charge on any atom is 0.247 e. The predicted molar refractivity (Wildman–Crippen MR) is 107 cm³/mol. The van der Waals surface area contributed by atoms with E-state index in [4.69, 9.17) is 4.74 Å². The van der Waals surface area contributed by atoms with E-state index >= 15 is 0 Å². The lowest BCUT2D eigenvalue weighted by molar-refractivity contribution is 0.225. The van der Waals surface area contributed by atoms with Crippen LogP contribution in [0.25, 0.3) is 11.3 Å². The summed E-state index contributed by atoms with van der Waals surface area (Å²) in [6.45, 7) is 3.73. The summed E-state index contributed by atoms with van der Waals surface area (Å²) in [6, 6.07) is 15.9. The molecule has 0 spiro atoms. The number of thioether (sulfide) groups is 1. The lowest BCUT2D eigenvalue weighted by atomic mass is 10.1. The first kappa shape index (κ1) is 17.1. The van der Waals surface area contributed by atoms with Crippen LogP contribution in [0.1, 0.15) is 11.8 Å². The second-order valence-corrected chi connectivity index (χ2v) is 7.49. The number of rotatable bonds is 4. The van der Waals surface area contributed by atoms with E-state index in [-0.39, 0.29) is 6.23 Å². The second-order valence-electron chi connectivity index (χ2n) is 5.59. The molecule has 2 heterocycles. The molecule has 1 aromatic heterocycles. The van der Waals surface area contributed by atoms with Gasteiger partial charge in [0, 0.05) is 27.0 Å². The van der Waals surface area contributed by atoms with Crippen molar-refractivity contribution in [1.29, 1.82) is 0 Å². The van der Waals surface area contributed by atoms with Crippen molar-refractivity contribution in [3.05, 3.63) is 71.2 Å². The fraction of sp³-hybridized carbons (Fsp3) is 0.105. The number of nitrogens with one attached hydrogen (secondary N) is 1. The highest BCUT2D eigenvalue weighted by molar-refractivity contribution is 9.10. The molecule has 0 saturated heterocycles. The molecule has 7 heteroatoms. The number of hydrogen-bond acceptors (Lipinski definition) is 6. The van der Waals surface area contributed by atoms with E-state index in [1.807, 2.05) is 54.6 Å². The third-order valence-corrected chi connectivity index (χ3v) is 5.14. The number of fused-ring (bicyclic) bond motifs is 3. The number of para-hydroxylation sites is 1. The van der Waals surface area contributed by atoms with Gasteiger partial charge in [0.2, 0.25) is 11.0 Å². The fourth-order valence-electron chi connectivity index (χ4n) is 2.66. The van der Waals surface area contributed by atoms with Crippen molar-refractivity contribution < 1.29 is 4.74 Å². The first-order valence-electron chi connectivity index (χ1n) is 8.01. The summed E-state index contributed by atoms with van der Waals surface area (Å²) in [5.41, 5.74) is 3.47. The van der Waals surface area contributed by atoms with E-state index in [1.165, 1.54) is 11.8 Å². The lowest BCUT2D eigenvalue weighted by Crippen LogP contribution is -2.17. The Kier molecular flexibility index (Phi) is 4.90. The third kappa shape index (κ3) is 3.45. The van der Waals surface area contributed by atoms with Crippen LogP contribution in [-0.4, -0.2) is 20.9 Å². The summed E-state index contributed by atoms with van der Waals surface area (Å²) in [5, 5.41) is 12.6. The molecule has 26 heavy (non-hydrogen) atoms. The molecule has 5 nitrogen and oxygen atoms in total. The number of halogens is 1. The van der Waals surface area contributed by atoms with Crippen LogP contribution in [0.15, 0.2) is 70.8 Å². The molecule has 3 aromatic rings. The molecule has 0 saturated carbocycles. The van der Waals surface area contributed by atoms with Gasteiger partial charge in [0.05, 0.1) is 0 Å². The molecule has 2 aromatic carbocycles. The topological polar surface area (TPSA) is 59.9 Å². The molecule has 130 valence electrons. The van der Waals surface area contributed by atoms with Crippen molar-refractivity contribution in [3.8, 4) is 17.1 Å². The summed E-state index contributed by atoms with van der Waals surface area (Å²) < 4.78 is 7.20. The SMILES string of the molecule is C=CCSc1nnc2c(n1)O[C@@H](c1cccc(Br)c1)Nc1ccccc1-2. The average Bonchev–Trinajstić information content (AvgIpc) is 2.83. The zero-order valence-corrected chi connectivity index (χ0v) is 16.1. The summed E-state index contributed by atoms with van der Waals surface area (Å²) in [5.74, 6) is 1.18. The minimum absolute atomic E-state index is 0.385. The van der Waals surface area contributed by atoms with Crippen LogP contribution >= 0.6 is 27.7 Å². The zero-order chi connectivity index (χ0) is 17.9. The third-order valence-electron chi connectivity index (χ3n) is 3.82. The van der Waals surface area contributed by atoms with Crippen molar-refractivity contribution in [2.24, 2.45) is 0 Å². The minimum Gasteiger partial charge on any atom is -0.448 e. The van der Waals surface area contributed by atoms with Crippen LogP contribution in [0, 0.1) is 0 Å². The van der Waals surface area contributed by atoms with Crippen molar-refractivity contribution in [1.82, 2.24) is 15.2 Å². The van der Waals surface area contributed by atoms with Crippen LogP contribution < -0.4 is 10.1 Å². The predicted octanol–water partition coefficient (Wildman–Crippen LogP) is 5.08. The van der Waals surface area contributed by atoms with Gasteiger partial charge in [-0.2, -0.15) is 4.98 Å².